The molecule has 33 heavy (non-hydrogen) atoms. The number of carbonyl (C=O) groups is 1. The third-order valence-corrected chi connectivity index (χ3v) is 8.31. The van der Waals surface area contributed by atoms with E-state index in [1.165, 1.54) is 10.4 Å². The number of amides is 1. The van der Waals surface area contributed by atoms with Crippen molar-refractivity contribution < 1.29 is 13.2 Å². The average Bonchev–Trinajstić information content (AvgIpc) is 3.39. The van der Waals surface area contributed by atoms with Crippen LogP contribution in [0.1, 0.15) is 61.0 Å². The predicted molar refractivity (Wildman–Crippen MR) is 128 cm³/mol. The molecule has 1 aliphatic carbocycles. The van der Waals surface area contributed by atoms with Crippen LogP contribution in [-0.2, 0) is 10.0 Å². The zero-order chi connectivity index (χ0) is 23.4. The molecule has 0 spiro atoms. The van der Waals surface area contributed by atoms with E-state index in [9.17, 15) is 13.2 Å². The lowest BCUT2D eigenvalue weighted by atomic mass is 9.96. The van der Waals surface area contributed by atoms with Crippen molar-refractivity contribution in [1.29, 1.82) is 0 Å². The summed E-state index contributed by atoms with van der Waals surface area (Å²) in [6, 6.07) is 13.9. The molecule has 1 saturated carbocycles. The molecule has 1 atom stereocenters. The van der Waals surface area contributed by atoms with Gasteiger partial charge in [-0.15, -0.1) is 0 Å². The molecule has 1 aromatic heterocycles. The minimum absolute atomic E-state index is 0.0200. The first-order chi connectivity index (χ1) is 15.9. The number of benzene rings is 2. The zero-order valence-corrected chi connectivity index (χ0v) is 19.8. The fourth-order valence-corrected chi connectivity index (χ4v) is 5.78. The maximum Gasteiger partial charge on any atom is 0.251 e. The monoisotopic (exact) mass is 466 g/mol. The number of hydrogen-bond acceptors (Lipinski definition) is 4. The van der Waals surface area contributed by atoms with Crippen molar-refractivity contribution in [2.75, 3.05) is 7.05 Å². The number of sulfonamides is 1. The van der Waals surface area contributed by atoms with Gasteiger partial charge in [0.2, 0.25) is 10.0 Å². The molecule has 0 radical (unpaired) electrons. The summed E-state index contributed by atoms with van der Waals surface area (Å²) in [6.07, 6.45) is 10.3. The van der Waals surface area contributed by atoms with E-state index in [2.05, 4.69) is 10.3 Å². The van der Waals surface area contributed by atoms with E-state index in [-0.39, 0.29) is 22.9 Å². The van der Waals surface area contributed by atoms with Gasteiger partial charge in [-0.05, 0) is 55.7 Å². The van der Waals surface area contributed by atoms with Gasteiger partial charge in [-0.25, -0.2) is 13.4 Å². The van der Waals surface area contributed by atoms with Crippen molar-refractivity contribution in [2.45, 2.75) is 56.0 Å². The predicted octanol–water partition coefficient (Wildman–Crippen LogP) is 4.32. The molecule has 4 rings (SSSR count). The van der Waals surface area contributed by atoms with Crippen LogP contribution in [-0.4, -0.2) is 41.3 Å². The highest BCUT2D eigenvalue weighted by Gasteiger charge is 2.29. The summed E-state index contributed by atoms with van der Waals surface area (Å²) < 4.78 is 29.7. The smallest absolute Gasteiger partial charge is 0.251 e. The number of rotatable bonds is 7. The Balaban J connectivity index is 1.46. The summed E-state index contributed by atoms with van der Waals surface area (Å²) >= 11 is 0. The molecule has 1 N–H and O–H groups in total. The van der Waals surface area contributed by atoms with E-state index in [4.69, 9.17) is 0 Å². The SMILES string of the molecule is CC(NC(=O)c1cccc(S(=O)(=O)N(C)C2CCCCC2)c1)c1ccc(-n2ccnc2)cc1. The molecule has 1 heterocycles. The summed E-state index contributed by atoms with van der Waals surface area (Å²) in [5, 5.41) is 2.97. The minimum Gasteiger partial charge on any atom is -0.346 e. The van der Waals surface area contributed by atoms with Gasteiger partial charge in [-0.2, -0.15) is 4.31 Å². The molecule has 7 nitrogen and oxygen atoms in total. The summed E-state index contributed by atoms with van der Waals surface area (Å²) in [6.45, 7) is 1.90. The molecule has 174 valence electrons. The molecule has 8 heteroatoms. The van der Waals surface area contributed by atoms with Crippen LogP contribution >= 0.6 is 0 Å². The Morgan fingerprint density at radius 3 is 2.52 bits per heavy atom. The molecule has 0 saturated heterocycles. The molecular formula is C25H30N4O3S. The van der Waals surface area contributed by atoms with Gasteiger partial charge in [0, 0.05) is 36.7 Å². The standard InChI is InChI=1S/C25H30N4O3S/c1-19(20-11-13-23(14-12-20)29-16-15-26-18-29)27-25(30)21-7-6-10-24(17-21)33(31,32)28(2)22-8-4-3-5-9-22/h6-7,10-19,22H,3-5,8-9H2,1-2H3,(H,27,30). The van der Waals surface area contributed by atoms with E-state index >= 15 is 0 Å². The molecule has 1 unspecified atom stereocenters. The van der Waals surface area contributed by atoms with Crippen molar-refractivity contribution >= 4 is 15.9 Å². The van der Waals surface area contributed by atoms with Gasteiger partial charge in [0.25, 0.3) is 5.91 Å². The van der Waals surface area contributed by atoms with Crippen LogP contribution in [0.4, 0.5) is 0 Å². The zero-order valence-electron chi connectivity index (χ0n) is 19.0. The van der Waals surface area contributed by atoms with Gasteiger partial charge in [0.1, 0.15) is 0 Å². The van der Waals surface area contributed by atoms with Gasteiger partial charge in [-0.3, -0.25) is 4.79 Å². The topological polar surface area (TPSA) is 84.3 Å². The van der Waals surface area contributed by atoms with Crippen molar-refractivity contribution in [3.63, 3.8) is 0 Å². The first-order valence-electron chi connectivity index (χ1n) is 11.3. The van der Waals surface area contributed by atoms with Crippen LogP contribution in [0, 0.1) is 0 Å². The highest BCUT2D eigenvalue weighted by molar-refractivity contribution is 7.89. The summed E-state index contributed by atoms with van der Waals surface area (Å²) in [4.78, 5) is 17.1. The van der Waals surface area contributed by atoms with E-state index in [1.807, 2.05) is 42.0 Å². The lowest BCUT2D eigenvalue weighted by molar-refractivity contribution is 0.0939. The van der Waals surface area contributed by atoms with Gasteiger partial charge >= 0.3 is 0 Å². The second kappa shape index (κ2) is 9.89. The molecule has 0 aliphatic heterocycles. The lowest BCUT2D eigenvalue weighted by Crippen LogP contribution is -2.38. The van der Waals surface area contributed by atoms with Crippen LogP contribution < -0.4 is 5.32 Å². The number of nitrogens with one attached hydrogen (secondary N) is 1. The average molecular weight is 467 g/mol. The Kier molecular flexibility index (Phi) is 6.95. The van der Waals surface area contributed by atoms with E-state index in [0.29, 0.717) is 5.56 Å². The maximum atomic E-state index is 13.2. The number of carbonyl (C=O) groups excluding carboxylic acids is 1. The normalized spacial score (nSPS) is 16.0. The van der Waals surface area contributed by atoms with E-state index < -0.39 is 10.0 Å². The largest absolute Gasteiger partial charge is 0.346 e. The molecule has 1 aliphatic rings. The first-order valence-corrected chi connectivity index (χ1v) is 12.8. The van der Waals surface area contributed by atoms with Gasteiger partial charge in [0.05, 0.1) is 17.3 Å². The minimum atomic E-state index is -3.66. The highest BCUT2D eigenvalue weighted by atomic mass is 32.2. The molecular weight excluding hydrogens is 436 g/mol. The van der Waals surface area contributed by atoms with Crippen LogP contribution in [0.2, 0.25) is 0 Å². The highest BCUT2D eigenvalue weighted by Crippen LogP contribution is 2.27. The second-order valence-corrected chi connectivity index (χ2v) is 10.6. The summed E-state index contributed by atoms with van der Waals surface area (Å²) in [5.74, 6) is -0.307. The van der Waals surface area contributed by atoms with Gasteiger partial charge in [0.15, 0.2) is 0 Å². The van der Waals surface area contributed by atoms with Crippen LogP contribution in [0.15, 0.2) is 72.1 Å². The lowest BCUT2D eigenvalue weighted by Gasteiger charge is -2.30. The molecule has 0 bridgehead atoms. The Morgan fingerprint density at radius 2 is 1.85 bits per heavy atom. The third-order valence-electron chi connectivity index (χ3n) is 6.41. The Hall–Kier alpha value is -2.97. The first kappa shape index (κ1) is 23.2. The van der Waals surface area contributed by atoms with E-state index in [1.54, 1.807) is 37.8 Å². The molecule has 1 fully saturated rings. The number of aromatic nitrogens is 2. The number of hydrogen-bond donors (Lipinski definition) is 1. The van der Waals surface area contributed by atoms with Crippen molar-refractivity contribution in [1.82, 2.24) is 19.2 Å². The molecule has 3 aromatic rings. The van der Waals surface area contributed by atoms with Gasteiger partial charge < -0.3 is 9.88 Å². The fraction of sp³-hybridized carbons (Fsp3) is 0.360. The summed E-state index contributed by atoms with van der Waals surface area (Å²) in [5.41, 5.74) is 2.26. The van der Waals surface area contributed by atoms with Crippen LogP contribution in [0.25, 0.3) is 5.69 Å². The number of imidazole rings is 1. The molecule has 1 amide bonds. The third kappa shape index (κ3) is 5.17. The van der Waals surface area contributed by atoms with Crippen LogP contribution in [0.3, 0.4) is 0 Å². The Morgan fingerprint density at radius 1 is 1.12 bits per heavy atom. The van der Waals surface area contributed by atoms with Crippen molar-refractivity contribution in [3.05, 3.63) is 78.4 Å². The maximum absolute atomic E-state index is 13.2. The fourth-order valence-electron chi connectivity index (χ4n) is 4.32. The van der Waals surface area contributed by atoms with Crippen molar-refractivity contribution in [3.8, 4) is 5.69 Å². The van der Waals surface area contributed by atoms with Gasteiger partial charge in [-0.1, -0.05) is 37.5 Å². The van der Waals surface area contributed by atoms with Crippen molar-refractivity contribution in [2.24, 2.45) is 0 Å². The summed E-state index contributed by atoms with van der Waals surface area (Å²) in [7, 11) is -2.01. The molecule has 2 aromatic carbocycles. The quantitative estimate of drug-likeness (QED) is 0.562. The second-order valence-electron chi connectivity index (χ2n) is 8.60. The van der Waals surface area contributed by atoms with E-state index in [0.717, 1.165) is 43.4 Å². The Bertz CT molecular complexity index is 1180. The van der Waals surface area contributed by atoms with Crippen LogP contribution in [0.5, 0.6) is 0 Å². The number of nitrogens with zero attached hydrogens (tertiary/aromatic N) is 3. The Labute approximate surface area is 195 Å².